The van der Waals surface area contributed by atoms with Crippen LogP contribution in [0, 0.1) is 5.92 Å². The number of benzene rings is 3. The lowest BCUT2D eigenvalue weighted by Crippen LogP contribution is -2.30. The standard InChI is InChI=1S/C25H23NO4/c1-29-21-10-8-15(13-22(21)30-2)24-19-11-14-5-3-4-6-17(14)23(19)18-12-16(25(27)28)7-9-20(18)26-24/h3-10,12-13,19,23-24,26H,11H2,1-2H3,(H,27,28)/t19-,23+,24+/m1/s1. The van der Waals surface area contributed by atoms with Crippen LogP contribution in [0.3, 0.4) is 0 Å². The van der Waals surface area contributed by atoms with Crippen molar-refractivity contribution in [3.05, 3.63) is 88.5 Å². The van der Waals surface area contributed by atoms with Crippen molar-refractivity contribution < 1.29 is 19.4 Å². The first-order valence-electron chi connectivity index (χ1n) is 10.0. The highest BCUT2D eigenvalue weighted by atomic mass is 16.5. The molecule has 30 heavy (non-hydrogen) atoms. The van der Waals surface area contributed by atoms with Crippen LogP contribution in [0.2, 0.25) is 0 Å². The van der Waals surface area contributed by atoms with Gasteiger partial charge >= 0.3 is 5.97 Å². The molecule has 0 radical (unpaired) electrons. The zero-order chi connectivity index (χ0) is 20.8. The smallest absolute Gasteiger partial charge is 0.335 e. The number of nitrogens with one attached hydrogen (secondary N) is 1. The molecule has 0 unspecified atom stereocenters. The zero-order valence-electron chi connectivity index (χ0n) is 16.9. The second-order valence-electron chi connectivity index (χ2n) is 7.89. The van der Waals surface area contributed by atoms with Gasteiger partial charge in [-0.3, -0.25) is 0 Å². The fraction of sp³-hybridized carbons (Fsp3) is 0.240. The van der Waals surface area contributed by atoms with Gasteiger partial charge in [0.05, 0.1) is 25.8 Å². The third-order valence-corrected chi connectivity index (χ3v) is 6.41. The summed E-state index contributed by atoms with van der Waals surface area (Å²) in [5, 5.41) is 13.2. The van der Waals surface area contributed by atoms with Crippen LogP contribution >= 0.6 is 0 Å². The van der Waals surface area contributed by atoms with Crippen LogP contribution in [0.15, 0.2) is 60.7 Å². The van der Waals surface area contributed by atoms with Crippen molar-refractivity contribution in [2.75, 3.05) is 19.5 Å². The van der Waals surface area contributed by atoms with Gasteiger partial charge in [-0.2, -0.15) is 0 Å². The Morgan fingerprint density at radius 2 is 1.77 bits per heavy atom. The van der Waals surface area contributed by atoms with Gasteiger partial charge in [-0.15, -0.1) is 0 Å². The molecule has 152 valence electrons. The van der Waals surface area contributed by atoms with E-state index in [-0.39, 0.29) is 17.9 Å². The normalized spacial score (nSPS) is 21.1. The van der Waals surface area contributed by atoms with Crippen molar-refractivity contribution in [1.29, 1.82) is 0 Å². The van der Waals surface area contributed by atoms with E-state index in [1.807, 2.05) is 24.3 Å². The molecule has 0 fully saturated rings. The van der Waals surface area contributed by atoms with E-state index < -0.39 is 5.97 Å². The number of rotatable bonds is 4. The highest BCUT2D eigenvalue weighted by molar-refractivity contribution is 5.89. The Labute approximate surface area is 175 Å². The maximum Gasteiger partial charge on any atom is 0.335 e. The fourth-order valence-corrected chi connectivity index (χ4v) is 5.07. The molecule has 5 nitrogen and oxygen atoms in total. The molecule has 0 bridgehead atoms. The number of carboxylic acid groups (broad SMARTS) is 1. The second-order valence-corrected chi connectivity index (χ2v) is 7.89. The molecule has 3 aromatic carbocycles. The molecule has 5 heteroatoms. The Balaban J connectivity index is 1.65. The molecule has 1 aliphatic carbocycles. The molecule has 0 amide bonds. The summed E-state index contributed by atoms with van der Waals surface area (Å²) in [5.41, 5.74) is 6.11. The first kappa shape index (κ1) is 18.6. The van der Waals surface area contributed by atoms with Gasteiger partial charge < -0.3 is 19.9 Å². The highest BCUT2D eigenvalue weighted by Crippen LogP contribution is 2.54. The first-order valence-corrected chi connectivity index (χ1v) is 10.0. The van der Waals surface area contributed by atoms with Gasteiger partial charge in [0.25, 0.3) is 0 Å². The van der Waals surface area contributed by atoms with Crippen LogP contribution in [0.4, 0.5) is 5.69 Å². The van der Waals surface area contributed by atoms with E-state index in [1.165, 1.54) is 11.1 Å². The van der Waals surface area contributed by atoms with Crippen molar-refractivity contribution in [2.45, 2.75) is 18.4 Å². The molecule has 2 N–H and O–H groups in total. The van der Waals surface area contributed by atoms with Gasteiger partial charge in [-0.05, 0) is 64.9 Å². The molecule has 0 aromatic heterocycles. The van der Waals surface area contributed by atoms with Crippen molar-refractivity contribution >= 4 is 11.7 Å². The lowest BCUT2D eigenvalue weighted by molar-refractivity contribution is 0.0696. The minimum atomic E-state index is -0.900. The molecule has 1 heterocycles. The number of aromatic carboxylic acids is 1. The maximum atomic E-state index is 11.6. The number of carboxylic acids is 1. The average Bonchev–Trinajstić information content (AvgIpc) is 3.17. The summed E-state index contributed by atoms with van der Waals surface area (Å²) in [6.45, 7) is 0. The van der Waals surface area contributed by atoms with Crippen molar-refractivity contribution in [2.24, 2.45) is 5.92 Å². The molecular formula is C25H23NO4. The third-order valence-electron chi connectivity index (χ3n) is 6.41. The number of fused-ring (bicyclic) bond motifs is 5. The van der Waals surface area contributed by atoms with Crippen LogP contribution in [-0.2, 0) is 6.42 Å². The number of hydrogen-bond donors (Lipinski definition) is 2. The highest BCUT2D eigenvalue weighted by Gasteiger charge is 2.43. The Hall–Kier alpha value is -3.47. The lowest BCUT2D eigenvalue weighted by atomic mass is 9.75. The Bertz CT molecular complexity index is 1140. The van der Waals surface area contributed by atoms with Gasteiger partial charge in [-0.25, -0.2) is 4.79 Å². The summed E-state index contributed by atoms with van der Waals surface area (Å²) in [4.78, 5) is 11.6. The number of ether oxygens (including phenoxy) is 2. The quantitative estimate of drug-likeness (QED) is 0.653. The van der Waals surface area contributed by atoms with Crippen LogP contribution < -0.4 is 14.8 Å². The summed E-state index contributed by atoms with van der Waals surface area (Å²) in [6.07, 6.45) is 0.934. The molecule has 2 aliphatic rings. The molecular weight excluding hydrogens is 378 g/mol. The molecule has 0 spiro atoms. The molecule has 0 saturated heterocycles. The predicted octanol–water partition coefficient (Wildman–Crippen LogP) is 4.87. The minimum Gasteiger partial charge on any atom is -0.493 e. The summed E-state index contributed by atoms with van der Waals surface area (Å²) in [5.74, 6) is 0.931. The molecule has 3 atom stereocenters. The zero-order valence-corrected chi connectivity index (χ0v) is 16.9. The van der Waals surface area contributed by atoms with Crippen molar-refractivity contribution in [1.82, 2.24) is 0 Å². The van der Waals surface area contributed by atoms with Gasteiger partial charge in [0.2, 0.25) is 0 Å². The van der Waals surface area contributed by atoms with Crippen molar-refractivity contribution in [3.63, 3.8) is 0 Å². The van der Waals surface area contributed by atoms with E-state index in [2.05, 4.69) is 35.6 Å². The predicted molar refractivity (Wildman–Crippen MR) is 115 cm³/mol. The lowest BCUT2D eigenvalue weighted by Gasteiger charge is -2.38. The summed E-state index contributed by atoms with van der Waals surface area (Å²) in [6, 6.07) is 20.0. The molecule has 3 aromatic rings. The van der Waals surface area contributed by atoms with Gasteiger partial charge in [0.1, 0.15) is 0 Å². The number of anilines is 1. The molecule has 5 rings (SSSR count). The van der Waals surface area contributed by atoms with Crippen LogP contribution in [0.1, 0.15) is 44.6 Å². The monoisotopic (exact) mass is 401 g/mol. The Morgan fingerprint density at radius 1 is 0.967 bits per heavy atom. The fourth-order valence-electron chi connectivity index (χ4n) is 5.07. The number of hydrogen-bond acceptors (Lipinski definition) is 4. The van der Waals surface area contributed by atoms with Gasteiger partial charge in [0.15, 0.2) is 11.5 Å². The number of carbonyl (C=O) groups is 1. The molecule has 1 aliphatic heterocycles. The van der Waals surface area contributed by atoms with E-state index in [4.69, 9.17) is 9.47 Å². The first-order chi connectivity index (χ1) is 14.6. The van der Waals surface area contributed by atoms with E-state index in [0.717, 1.165) is 23.2 Å². The van der Waals surface area contributed by atoms with E-state index in [0.29, 0.717) is 17.1 Å². The maximum absolute atomic E-state index is 11.6. The van der Waals surface area contributed by atoms with Gasteiger partial charge in [-0.1, -0.05) is 30.3 Å². The van der Waals surface area contributed by atoms with Crippen molar-refractivity contribution in [3.8, 4) is 11.5 Å². The topological polar surface area (TPSA) is 67.8 Å². The third kappa shape index (κ3) is 2.81. The Morgan fingerprint density at radius 3 is 2.53 bits per heavy atom. The summed E-state index contributed by atoms with van der Waals surface area (Å²) < 4.78 is 10.9. The second kappa shape index (κ2) is 7.10. The van der Waals surface area contributed by atoms with Gasteiger partial charge in [0, 0.05) is 11.6 Å². The largest absolute Gasteiger partial charge is 0.493 e. The summed E-state index contributed by atoms with van der Waals surface area (Å²) >= 11 is 0. The van der Waals surface area contributed by atoms with Crippen LogP contribution in [0.5, 0.6) is 11.5 Å². The van der Waals surface area contributed by atoms with Crippen LogP contribution in [-0.4, -0.2) is 25.3 Å². The minimum absolute atomic E-state index is 0.0744. The SMILES string of the molecule is COc1ccc([C@@H]2Nc3ccc(C(=O)O)cc3[C@@H]3c4ccccc4C[C@H]32)cc1OC. The summed E-state index contributed by atoms with van der Waals surface area (Å²) in [7, 11) is 3.28. The van der Waals surface area contributed by atoms with E-state index in [1.54, 1.807) is 20.3 Å². The Kier molecular flexibility index (Phi) is 4.39. The van der Waals surface area contributed by atoms with E-state index in [9.17, 15) is 9.90 Å². The molecule has 0 saturated carbocycles. The average molecular weight is 401 g/mol. The van der Waals surface area contributed by atoms with Crippen LogP contribution in [0.25, 0.3) is 0 Å². The van der Waals surface area contributed by atoms with E-state index >= 15 is 0 Å². The number of methoxy groups -OCH3 is 2.